The first-order valence-electron chi connectivity index (χ1n) is 6.93. The van der Waals surface area contributed by atoms with Gasteiger partial charge in [0, 0.05) is 31.9 Å². The summed E-state index contributed by atoms with van der Waals surface area (Å²) in [5.74, 6) is 0.646. The van der Waals surface area contributed by atoms with E-state index in [0.717, 1.165) is 38.2 Å². The molecule has 0 saturated carbocycles. The maximum absolute atomic E-state index is 11.8. The van der Waals surface area contributed by atoms with E-state index in [9.17, 15) is 4.79 Å². The summed E-state index contributed by atoms with van der Waals surface area (Å²) in [5.41, 5.74) is 7.59. The number of benzene rings is 1. The molecule has 1 aromatic carbocycles. The summed E-state index contributed by atoms with van der Waals surface area (Å²) < 4.78 is 5.29. The summed E-state index contributed by atoms with van der Waals surface area (Å²) in [7, 11) is 0. The van der Waals surface area contributed by atoms with Gasteiger partial charge >= 0.3 is 0 Å². The van der Waals surface area contributed by atoms with Gasteiger partial charge in [-0.2, -0.15) is 0 Å². The molecule has 1 aliphatic rings. The van der Waals surface area contributed by atoms with Crippen LogP contribution in [0.5, 0.6) is 0 Å². The van der Waals surface area contributed by atoms with Crippen molar-refractivity contribution in [2.24, 2.45) is 5.92 Å². The van der Waals surface area contributed by atoms with E-state index in [0.29, 0.717) is 18.9 Å². The van der Waals surface area contributed by atoms with Crippen molar-refractivity contribution in [3.8, 4) is 0 Å². The molecule has 1 aromatic rings. The van der Waals surface area contributed by atoms with Crippen LogP contribution in [-0.2, 0) is 16.0 Å². The van der Waals surface area contributed by atoms with E-state index >= 15 is 0 Å². The highest BCUT2D eigenvalue weighted by molar-refractivity contribution is 5.76. The summed E-state index contributed by atoms with van der Waals surface area (Å²) >= 11 is 0. The first kappa shape index (κ1) is 13.9. The maximum atomic E-state index is 11.8. The molecule has 0 unspecified atom stereocenters. The zero-order chi connectivity index (χ0) is 13.5. The molecule has 0 aromatic heterocycles. The molecule has 1 amide bonds. The van der Waals surface area contributed by atoms with Crippen LogP contribution in [0.1, 0.15) is 24.8 Å². The fraction of sp³-hybridized carbons (Fsp3) is 0.533. The van der Waals surface area contributed by atoms with E-state index < -0.39 is 0 Å². The number of carbonyl (C=O) groups is 1. The summed E-state index contributed by atoms with van der Waals surface area (Å²) in [6.07, 6.45) is 3.49. The molecular weight excluding hydrogens is 240 g/mol. The summed E-state index contributed by atoms with van der Waals surface area (Å²) in [5, 5.41) is 2.98. The minimum absolute atomic E-state index is 0.155. The molecule has 104 valence electrons. The zero-order valence-corrected chi connectivity index (χ0v) is 11.2. The number of nitrogens with two attached hydrogens (primary N) is 1. The smallest absolute Gasteiger partial charge is 0.220 e. The third-order valence-corrected chi connectivity index (χ3v) is 3.53. The molecule has 0 atom stereocenters. The number of rotatable bonds is 5. The van der Waals surface area contributed by atoms with Crippen molar-refractivity contribution in [1.29, 1.82) is 0 Å². The lowest BCUT2D eigenvalue weighted by atomic mass is 9.96. The second kappa shape index (κ2) is 7.14. The van der Waals surface area contributed by atoms with Crippen LogP contribution in [0, 0.1) is 5.92 Å². The van der Waals surface area contributed by atoms with Gasteiger partial charge in [-0.1, -0.05) is 12.1 Å². The van der Waals surface area contributed by atoms with Gasteiger partial charge in [-0.3, -0.25) is 4.79 Å². The van der Waals surface area contributed by atoms with Crippen LogP contribution in [0.15, 0.2) is 24.3 Å². The molecule has 1 aliphatic heterocycles. The van der Waals surface area contributed by atoms with Gasteiger partial charge < -0.3 is 15.8 Å². The van der Waals surface area contributed by atoms with Gasteiger partial charge in [0.2, 0.25) is 5.91 Å². The second-order valence-electron chi connectivity index (χ2n) is 5.10. The van der Waals surface area contributed by atoms with Gasteiger partial charge in [0.05, 0.1) is 0 Å². The molecule has 1 saturated heterocycles. The highest BCUT2D eigenvalue weighted by Crippen LogP contribution is 2.17. The van der Waals surface area contributed by atoms with Crippen molar-refractivity contribution < 1.29 is 9.53 Å². The van der Waals surface area contributed by atoms with Gasteiger partial charge in [-0.05, 0) is 42.9 Å². The molecule has 2 rings (SSSR count). The molecule has 19 heavy (non-hydrogen) atoms. The topological polar surface area (TPSA) is 64.3 Å². The lowest BCUT2D eigenvalue weighted by Crippen LogP contribution is -2.29. The Balaban J connectivity index is 1.64. The molecule has 0 bridgehead atoms. The van der Waals surface area contributed by atoms with Crippen LogP contribution in [0.25, 0.3) is 0 Å². The third-order valence-electron chi connectivity index (χ3n) is 3.53. The Bertz CT molecular complexity index is 397. The van der Waals surface area contributed by atoms with Gasteiger partial charge in [-0.25, -0.2) is 0 Å². The third kappa shape index (κ3) is 4.91. The van der Waals surface area contributed by atoms with Crippen molar-refractivity contribution in [1.82, 2.24) is 5.32 Å². The molecule has 0 spiro atoms. The largest absolute Gasteiger partial charge is 0.399 e. The minimum Gasteiger partial charge on any atom is -0.399 e. The normalized spacial score (nSPS) is 16.2. The molecule has 4 nitrogen and oxygen atoms in total. The minimum atomic E-state index is 0.155. The van der Waals surface area contributed by atoms with Gasteiger partial charge in [0.15, 0.2) is 0 Å². The van der Waals surface area contributed by atoms with E-state index in [1.54, 1.807) is 0 Å². The van der Waals surface area contributed by atoms with E-state index in [1.807, 2.05) is 24.3 Å². The molecule has 4 heteroatoms. The molecular formula is C15H22N2O2. The van der Waals surface area contributed by atoms with Crippen LogP contribution in [0.2, 0.25) is 0 Å². The van der Waals surface area contributed by atoms with Crippen molar-refractivity contribution in [2.45, 2.75) is 25.7 Å². The lowest BCUT2D eigenvalue weighted by molar-refractivity contribution is -0.122. The zero-order valence-electron chi connectivity index (χ0n) is 11.2. The summed E-state index contributed by atoms with van der Waals surface area (Å²) in [6, 6.07) is 7.78. The number of anilines is 1. The summed E-state index contributed by atoms with van der Waals surface area (Å²) in [6.45, 7) is 2.28. The maximum Gasteiger partial charge on any atom is 0.220 e. The molecule has 0 radical (unpaired) electrons. The van der Waals surface area contributed by atoms with Crippen LogP contribution in [0.4, 0.5) is 5.69 Å². The number of hydrogen-bond acceptors (Lipinski definition) is 3. The Labute approximate surface area is 114 Å². The first-order chi connectivity index (χ1) is 9.24. The fourth-order valence-electron chi connectivity index (χ4n) is 2.32. The predicted octanol–water partition coefficient (Wildman–Crippen LogP) is 1.74. The van der Waals surface area contributed by atoms with Crippen molar-refractivity contribution in [3.63, 3.8) is 0 Å². The van der Waals surface area contributed by atoms with E-state index in [2.05, 4.69) is 5.32 Å². The quantitative estimate of drug-likeness (QED) is 0.794. The van der Waals surface area contributed by atoms with Gasteiger partial charge in [0.1, 0.15) is 0 Å². The average molecular weight is 262 g/mol. The number of ether oxygens (including phenoxy) is 1. The number of carbonyl (C=O) groups excluding carboxylic acids is 1. The highest BCUT2D eigenvalue weighted by Gasteiger charge is 2.16. The standard InChI is InChI=1S/C15H22N2O2/c16-14-3-1-12(2-4-14)5-8-17-15(18)11-13-6-9-19-10-7-13/h1-4,13H,5-11,16H2,(H,17,18). The lowest BCUT2D eigenvalue weighted by Gasteiger charge is -2.21. The number of nitrogens with one attached hydrogen (secondary N) is 1. The summed E-state index contributed by atoms with van der Waals surface area (Å²) in [4.78, 5) is 11.8. The Kier molecular flexibility index (Phi) is 5.21. The monoisotopic (exact) mass is 262 g/mol. The Morgan fingerprint density at radius 1 is 1.26 bits per heavy atom. The first-order valence-corrected chi connectivity index (χ1v) is 6.93. The predicted molar refractivity (Wildman–Crippen MR) is 75.7 cm³/mol. The van der Waals surface area contributed by atoms with E-state index in [1.165, 1.54) is 5.56 Å². The molecule has 1 heterocycles. The molecule has 0 aliphatic carbocycles. The van der Waals surface area contributed by atoms with E-state index in [-0.39, 0.29) is 5.91 Å². The highest BCUT2D eigenvalue weighted by atomic mass is 16.5. The van der Waals surface area contributed by atoms with Crippen LogP contribution >= 0.6 is 0 Å². The van der Waals surface area contributed by atoms with Gasteiger partial charge in [-0.15, -0.1) is 0 Å². The van der Waals surface area contributed by atoms with Crippen LogP contribution in [-0.4, -0.2) is 25.7 Å². The Morgan fingerprint density at radius 2 is 1.95 bits per heavy atom. The van der Waals surface area contributed by atoms with Crippen LogP contribution < -0.4 is 11.1 Å². The Hall–Kier alpha value is -1.55. The molecule has 3 N–H and O–H groups in total. The number of nitrogen functional groups attached to an aromatic ring is 1. The average Bonchev–Trinajstić information content (AvgIpc) is 2.42. The second-order valence-corrected chi connectivity index (χ2v) is 5.10. The Morgan fingerprint density at radius 3 is 2.63 bits per heavy atom. The van der Waals surface area contributed by atoms with Gasteiger partial charge in [0.25, 0.3) is 0 Å². The fourth-order valence-corrected chi connectivity index (χ4v) is 2.32. The van der Waals surface area contributed by atoms with Crippen molar-refractivity contribution >= 4 is 11.6 Å². The van der Waals surface area contributed by atoms with Crippen molar-refractivity contribution in [2.75, 3.05) is 25.5 Å². The van der Waals surface area contributed by atoms with Crippen molar-refractivity contribution in [3.05, 3.63) is 29.8 Å². The SMILES string of the molecule is Nc1ccc(CCNC(=O)CC2CCOCC2)cc1. The number of amides is 1. The van der Waals surface area contributed by atoms with Crippen LogP contribution in [0.3, 0.4) is 0 Å². The number of hydrogen-bond donors (Lipinski definition) is 2. The molecule has 1 fully saturated rings. The van der Waals surface area contributed by atoms with E-state index in [4.69, 9.17) is 10.5 Å².